The van der Waals surface area contributed by atoms with E-state index in [1.807, 2.05) is 13.1 Å². The number of phenolic OH excluding ortho intramolecular Hbond substituents is 1. The summed E-state index contributed by atoms with van der Waals surface area (Å²) >= 11 is 0. The zero-order valence-corrected chi connectivity index (χ0v) is 14.8. The molecule has 0 aliphatic carbocycles. The van der Waals surface area contributed by atoms with Crippen LogP contribution in [-0.4, -0.2) is 43.3 Å². The van der Waals surface area contributed by atoms with Gasteiger partial charge in [0, 0.05) is 30.1 Å². The maximum atomic E-state index is 12.8. The first-order valence-electron chi connectivity index (χ1n) is 8.60. The number of rotatable bonds is 4. The van der Waals surface area contributed by atoms with Crippen molar-refractivity contribution in [2.24, 2.45) is 0 Å². The van der Waals surface area contributed by atoms with Crippen molar-refractivity contribution in [2.45, 2.75) is 18.9 Å². The van der Waals surface area contributed by atoms with Crippen molar-refractivity contribution in [3.8, 4) is 23.0 Å². The van der Waals surface area contributed by atoms with Gasteiger partial charge in [-0.2, -0.15) is 0 Å². The third-order valence-corrected chi connectivity index (χ3v) is 5.11. The van der Waals surface area contributed by atoms with Crippen LogP contribution in [0.4, 0.5) is 0 Å². The van der Waals surface area contributed by atoms with Crippen LogP contribution in [0.5, 0.6) is 23.0 Å². The standard InChI is InChI=1S/C20H21NO5/c1-21-8-7-13-9-17-19(26-11-25-17)20(24-2)18(13)15(21)10-16(23)12-3-5-14(22)6-4-12/h3-6,9,15,22H,7-8,10-11H2,1-2H3. The number of fused-ring (bicyclic) bond motifs is 2. The third-order valence-electron chi connectivity index (χ3n) is 5.11. The Hall–Kier alpha value is -2.73. The SMILES string of the molecule is COc1c2c(cc3c1C(CC(=O)c1ccc(O)cc1)N(C)CC3)OCO2. The van der Waals surface area contributed by atoms with Gasteiger partial charge in [-0.1, -0.05) is 0 Å². The molecule has 2 aromatic carbocycles. The van der Waals surface area contributed by atoms with Gasteiger partial charge in [0.2, 0.25) is 12.5 Å². The number of ether oxygens (including phenoxy) is 3. The Morgan fingerprint density at radius 1 is 1.31 bits per heavy atom. The van der Waals surface area contributed by atoms with Crippen LogP contribution in [0.25, 0.3) is 0 Å². The second-order valence-electron chi connectivity index (χ2n) is 6.64. The molecular weight excluding hydrogens is 334 g/mol. The van der Waals surface area contributed by atoms with E-state index in [4.69, 9.17) is 14.2 Å². The molecule has 1 atom stereocenters. The van der Waals surface area contributed by atoms with E-state index in [0.29, 0.717) is 29.2 Å². The second kappa shape index (κ2) is 6.53. The molecule has 6 nitrogen and oxygen atoms in total. The first kappa shape index (κ1) is 16.7. The molecule has 26 heavy (non-hydrogen) atoms. The zero-order chi connectivity index (χ0) is 18.3. The summed E-state index contributed by atoms with van der Waals surface area (Å²) in [6.45, 7) is 1.03. The van der Waals surface area contributed by atoms with E-state index >= 15 is 0 Å². The Balaban J connectivity index is 1.71. The number of Topliss-reactive ketones (excluding diaryl/α,β-unsaturated/α-hetero) is 1. The maximum Gasteiger partial charge on any atom is 0.231 e. The van der Waals surface area contributed by atoms with E-state index in [0.717, 1.165) is 24.1 Å². The van der Waals surface area contributed by atoms with Crippen LogP contribution in [-0.2, 0) is 6.42 Å². The average molecular weight is 355 g/mol. The second-order valence-corrected chi connectivity index (χ2v) is 6.64. The number of hydrogen-bond donors (Lipinski definition) is 1. The van der Waals surface area contributed by atoms with Crippen molar-refractivity contribution in [1.82, 2.24) is 4.90 Å². The molecule has 1 unspecified atom stereocenters. The van der Waals surface area contributed by atoms with Crippen molar-refractivity contribution >= 4 is 5.78 Å². The van der Waals surface area contributed by atoms with Gasteiger partial charge in [0.05, 0.1) is 7.11 Å². The first-order valence-corrected chi connectivity index (χ1v) is 8.60. The Kier molecular flexibility index (Phi) is 4.20. The molecule has 0 saturated carbocycles. The fourth-order valence-electron chi connectivity index (χ4n) is 3.72. The van der Waals surface area contributed by atoms with Gasteiger partial charge in [-0.3, -0.25) is 9.69 Å². The molecular formula is C20H21NO5. The highest BCUT2D eigenvalue weighted by Gasteiger charge is 2.35. The van der Waals surface area contributed by atoms with Crippen molar-refractivity contribution < 1.29 is 24.1 Å². The van der Waals surface area contributed by atoms with Crippen molar-refractivity contribution in [1.29, 1.82) is 0 Å². The molecule has 136 valence electrons. The normalized spacial score (nSPS) is 18.5. The van der Waals surface area contributed by atoms with E-state index in [1.165, 1.54) is 12.1 Å². The molecule has 0 amide bonds. The lowest BCUT2D eigenvalue weighted by atomic mass is 9.87. The Bertz CT molecular complexity index is 846. The maximum absolute atomic E-state index is 12.8. The Labute approximate surface area is 151 Å². The van der Waals surface area contributed by atoms with Gasteiger partial charge in [-0.25, -0.2) is 0 Å². The zero-order valence-electron chi connectivity index (χ0n) is 14.8. The number of carbonyl (C=O) groups is 1. The van der Waals surface area contributed by atoms with Gasteiger partial charge in [0.15, 0.2) is 17.3 Å². The number of nitrogens with zero attached hydrogens (tertiary/aromatic N) is 1. The molecule has 0 aromatic heterocycles. The van der Waals surface area contributed by atoms with Crippen molar-refractivity contribution in [2.75, 3.05) is 27.5 Å². The van der Waals surface area contributed by atoms with Gasteiger partial charge in [0.25, 0.3) is 0 Å². The molecule has 2 aromatic rings. The minimum atomic E-state index is -0.107. The predicted octanol–water partition coefficient (Wildman–Crippen LogP) is 2.93. The van der Waals surface area contributed by atoms with Crippen molar-refractivity contribution in [3.63, 3.8) is 0 Å². The number of aromatic hydroxyl groups is 1. The minimum Gasteiger partial charge on any atom is -0.508 e. The molecule has 2 aliphatic rings. The lowest BCUT2D eigenvalue weighted by molar-refractivity contribution is 0.0925. The van der Waals surface area contributed by atoms with Crippen LogP contribution in [0.3, 0.4) is 0 Å². The van der Waals surface area contributed by atoms with Gasteiger partial charge >= 0.3 is 0 Å². The van der Waals surface area contributed by atoms with Crippen LogP contribution in [0.2, 0.25) is 0 Å². The number of hydrogen-bond acceptors (Lipinski definition) is 6. The lowest BCUT2D eigenvalue weighted by Crippen LogP contribution is -2.34. The summed E-state index contributed by atoms with van der Waals surface area (Å²) in [7, 11) is 3.63. The number of methoxy groups -OCH3 is 1. The fourth-order valence-corrected chi connectivity index (χ4v) is 3.72. The highest BCUT2D eigenvalue weighted by molar-refractivity contribution is 5.96. The van der Waals surface area contributed by atoms with Crippen LogP contribution in [0, 0.1) is 0 Å². The predicted molar refractivity (Wildman–Crippen MR) is 95.2 cm³/mol. The van der Waals surface area contributed by atoms with Crippen LogP contribution in [0.15, 0.2) is 30.3 Å². The van der Waals surface area contributed by atoms with Gasteiger partial charge in [-0.15, -0.1) is 0 Å². The number of likely N-dealkylation sites (N-methyl/N-ethyl adjacent to an activating group) is 1. The molecule has 4 rings (SSSR count). The van der Waals surface area contributed by atoms with Crippen LogP contribution in [0.1, 0.15) is 33.9 Å². The van der Waals surface area contributed by atoms with E-state index < -0.39 is 0 Å². The van der Waals surface area contributed by atoms with E-state index in [9.17, 15) is 9.90 Å². The quantitative estimate of drug-likeness (QED) is 0.851. The van der Waals surface area contributed by atoms with Crippen molar-refractivity contribution in [3.05, 3.63) is 47.0 Å². The molecule has 0 saturated heterocycles. The molecule has 0 radical (unpaired) electrons. The number of carbonyl (C=O) groups excluding carboxylic acids is 1. The van der Waals surface area contributed by atoms with Gasteiger partial charge in [-0.05, 0) is 49.4 Å². The summed E-state index contributed by atoms with van der Waals surface area (Å²) in [5.74, 6) is 2.15. The molecule has 6 heteroatoms. The number of ketones is 1. The van der Waals surface area contributed by atoms with Crippen LogP contribution >= 0.6 is 0 Å². The average Bonchev–Trinajstić information content (AvgIpc) is 3.11. The first-order chi connectivity index (χ1) is 12.6. The summed E-state index contributed by atoms with van der Waals surface area (Å²) in [5, 5.41) is 9.43. The van der Waals surface area contributed by atoms with Gasteiger partial charge in [0.1, 0.15) is 5.75 Å². The molecule has 1 N–H and O–H groups in total. The molecule has 0 fully saturated rings. The molecule has 2 heterocycles. The fraction of sp³-hybridized carbons (Fsp3) is 0.350. The molecule has 0 bridgehead atoms. The van der Waals surface area contributed by atoms with E-state index in [1.54, 1.807) is 19.2 Å². The van der Waals surface area contributed by atoms with Gasteiger partial charge < -0.3 is 19.3 Å². The third kappa shape index (κ3) is 2.76. The Morgan fingerprint density at radius 2 is 2.08 bits per heavy atom. The monoisotopic (exact) mass is 355 g/mol. The van der Waals surface area contributed by atoms with E-state index in [2.05, 4.69) is 4.90 Å². The lowest BCUT2D eigenvalue weighted by Gasteiger charge is -2.35. The molecule has 2 aliphatic heterocycles. The summed E-state index contributed by atoms with van der Waals surface area (Å²) in [4.78, 5) is 15.0. The van der Waals surface area contributed by atoms with Crippen LogP contribution < -0.4 is 14.2 Å². The number of phenols is 1. The largest absolute Gasteiger partial charge is 0.508 e. The topological polar surface area (TPSA) is 68.2 Å². The summed E-state index contributed by atoms with van der Waals surface area (Å²) in [6, 6.07) is 8.26. The Morgan fingerprint density at radius 3 is 2.81 bits per heavy atom. The number of benzene rings is 2. The highest BCUT2D eigenvalue weighted by Crippen LogP contribution is 2.50. The minimum absolute atomic E-state index is 0.0226. The summed E-state index contributed by atoms with van der Waals surface area (Å²) in [6.07, 6.45) is 1.19. The smallest absolute Gasteiger partial charge is 0.231 e. The summed E-state index contributed by atoms with van der Waals surface area (Å²) in [5.41, 5.74) is 2.72. The summed E-state index contributed by atoms with van der Waals surface area (Å²) < 4.78 is 16.8. The molecule has 0 spiro atoms. The highest BCUT2D eigenvalue weighted by atomic mass is 16.7. The van der Waals surface area contributed by atoms with E-state index in [-0.39, 0.29) is 24.4 Å².